The summed E-state index contributed by atoms with van der Waals surface area (Å²) in [7, 11) is 1.70. The van der Waals surface area contributed by atoms with E-state index in [0.717, 1.165) is 5.56 Å². The minimum Gasteiger partial charge on any atom is -0.482 e. The van der Waals surface area contributed by atoms with Crippen molar-refractivity contribution in [1.82, 2.24) is 9.80 Å². The molecule has 1 fully saturated rings. The number of piperazine rings is 1. The van der Waals surface area contributed by atoms with Crippen molar-refractivity contribution in [2.24, 2.45) is 0 Å². The standard InChI is InChI=1S/C17H21N3O4/c1-12(21)19-5-7-20(8-6-19)16(22)10-13-3-4-15-14(9-13)18(2)17(23)11-24-15/h3-4,9H,5-8,10-11H2,1-2H3. The summed E-state index contributed by atoms with van der Waals surface area (Å²) in [6.45, 7) is 3.87. The maximum Gasteiger partial charge on any atom is 0.264 e. The van der Waals surface area contributed by atoms with E-state index in [1.807, 2.05) is 12.1 Å². The van der Waals surface area contributed by atoms with Gasteiger partial charge < -0.3 is 19.4 Å². The first-order valence-corrected chi connectivity index (χ1v) is 8.01. The minimum absolute atomic E-state index is 0.0314. The number of carbonyl (C=O) groups excluding carboxylic acids is 3. The van der Waals surface area contributed by atoms with Crippen LogP contribution >= 0.6 is 0 Å². The van der Waals surface area contributed by atoms with Gasteiger partial charge in [-0.15, -0.1) is 0 Å². The smallest absolute Gasteiger partial charge is 0.264 e. The average molecular weight is 331 g/mol. The van der Waals surface area contributed by atoms with E-state index in [0.29, 0.717) is 37.6 Å². The predicted octanol–water partition coefficient (Wildman–Crippen LogP) is 0.275. The molecule has 24 heavy (non-hydrogen) atoms. The van der Waals surface area contributed by atoms with Gasteiger partial charge in [-0.3, -0.25) is 14.4 Å². The monoisotopic (exact) mass is 331 g/mol. The van der Waals surface area contributed by atoms with E-state index in [-0.39, 0.29) is 30.7 Å². The molecule has 2 heterocycles. The molecule has 2 aliphatic heterocycles. The summed E-state index contributed by atoms with van der Waals surface area (Å²) in [6.07, 6.45) is 0.273. The summed E-state index contributed by atoms with van der Waals surface area (Å²) < 4.78 is 5.39. The van der Waals surface area contributed by atoms with Gasteiger partial charge in [-0.2, -0.15) is 0 Å². The lowest BCUT2D eigenvalue weighted by molar-refractivity contribution is -0.138. The summed E-state index contributed by atoms with van der Waals surface area (Å²) in [5.41, 5.74) is 1.54. The zero-order chi connectivity index (χ0) is 17.3. The Labute approximate surface area is 140 Å². The van der Waals surface area contributed by atoms with Crippen molar-refractivity contribution in [2.75, 3.05) is 44.7 Å². The number of rotatable bonds is 2. The topological polar surface area (TPSA) is 70.2 Å². The van der Waals surface area contributed by atoms with Gasteiger partial charge in [0.05, 0.1) is 12.1 Å². The van der Waals surface area contributed by atoms with Gasteiger partial charge in [0, 0.05) is 40.2 Å². The first kappa shape index (κ1) is 16.3. The first-order chi connectivity index (χ1) is 11.5. The lowest BCUT2D eigenvalue weighted by Gasteiger charge is -2.34. The lowest BCUT2D eigenvalue weighted by Crippen LogP contribution is -2.50. The summed E-state index contributed by atoms with van der Waals surface area (Å²) in [4.78, 5) is 40.6. The van der Waals surface area contributed by atoms with Crippen molar-refractivity contribution in [1.29, 1.82) is 0 Å². The van der Waals surface area contributed by atoms with Crippen LogP contribution in [0.3, 0.4) is 0 Å². The molecule has 2 aliphatic rings. The molecule has 0 radical (unpaired) electrons. The number of likely N-dealkylation sites (N-methyl/N-ethyl adjacent to an activating group) is 1. The number of ether oxygens (including phenoxy) is 1. The lowest BCUT2D eigenvalue weighted by atomic mass is 10.1. The van der Waals surface area contributed by atoms with E-state index in [9.17, 15) is 14.4 Å². The Balaban J connectivity index is 1.65. The van der Waals surface area contributed by atoms with Crippen molar-refractivity contribution in [3.63, 3.8) is 0 Å². The predicted molar refractivity (Wildman–Crippen MR) is 87.9 cm³/mol. The second-order valence-corrected chi connectivity index (χ2v) is 6.11. The third-order valence-corrected chi connectivity index (χ3v) is 4.54. The maximum atomic E-state index is 12.5. The Bertz CT molecular complexity index is 680. The molecule has 7 nitrogen and oxygen atoms in total. The fourth-order valence-corrected chi connectivity index (χ4v) is 2.98. The molecule has 3 rings (SSSR count). The SMILES string of the molecule is CC(=O)N1CCN(C(=O)Cc2ccc3c(c2)N(C)C(=O)CO3)CC1. The van der Waals surface area contributed by atoms with Gasteiger partial charge in [-0.1, -0.05) is 6.07 Å². The minimum atomic E-state index is -0.105. The van der Waals surface area contributed by atoms with E-state index < -0.39 is 0 Å². The molecule has 0 unspecified atom stereocenters. The number of amides is 3. The maximum absolute atomic E-state index is 12.5. The molecule has 0 bridgehead atoms. The molecule has 7 heteroatoms. The third kappa shape index (κ3) is 3.20. The normalized spacial score (nSPS) is 17.4. The van der Waals surface area contributed by atoms with Crippen LogP contribution in [-0.4, -0.2) is 67.4 Å². The number of nitrogens with zero attached hydrogens (tertiary/aromatic N) is 3. The Morgan fingerprint density at radius 1 is 1.12 bits per heavy atom. The fourth-order valence-electron chi connectivity index (χ4n) is 2.98. The Kier molecular flexibility index (Phi) is 4.42. The van der Waals surface area contributed by atoms with Crippen LogP contribution in [0, 0.1) is 0 Å². The zero-order valence-corrected chi connectivity index (χ0v) is 13.9. The van der Waals surface area contributed by atoms with Crippen molar-refractivity contribution >= 4 is 23.4 Å². The first-order valence-electron chi connectivity index (χ1n) is 8.01. The highest BCUT2D eigenvalue weighted by Crippen LogP contribution is 2.32. The van der Waals surface area contributed by atoms with E-state index in [2.05, 4.69) is 0 Å². The summed E-state index contributed by atoms with van der Waals surface area (Å²) >= 11 is 0. The molecule has 0 atom stereocenters. The van der Waals surface area contributed by atoms with Crippen molar-refractivity contribution in [3.8, 4) is 5.75 Å². The fraction of sp³-hybridized carbons (Fsp3) is 0.471. The molecular formula is C17H21N3O4. The van der Waals surface area contributed by atoms with Gasteiger partial charge in [0.1, 0.15) is 5.75 Å². The van der Waals surface area contributed by atoms with E-state index in [4.69, 9.17) is 4.74 Å². The van der Waals surface area contributed by atoms with Gasteiger partial charge in [0.2, 0.25) is 11.8 Å². The van der Waals surface area contributed by atoms with Crippen LogP contribution in [0.4, 0.5) is 5.69 Å². The van der Waals surface area contributed by atoms with Crippen LogP contribution in [-0.2, 0) is 20.8 Å². The number of anilines is 1. The number of fused-ring (bicyclic) bond motifs is 1. The van der Waals surface area contributed by atoms with Crippen LogP contribution < -0.4 is 9.64 Å². The summed E-state index contributed by atoms with van der Waals surface area (Å²) in [6, 6.07) is 5.48. The Morgan fingerprint density at radius 3 is 2.46 bits per heavy atom. The second-order valence-electron chi connectivity index (χ2n) is 6.11. The second kappa shape index (κ2) is 6.51. The van der Waals surface area contributed by atoms with Crippen LogP contribution in [0.5, 0.6) is 5.75 Å². The van der Waals surface area contributed by atoms with E-state index >= 15 is 0 Å². The Morgan fingerprint density at radius 2 is 1.79 bits per heavy atom. The number of benzene rings is 1. The van der Waals surface area contributed by atoms with Crippen molar-refractivity contribution in [2.45, 2.75) is 13.3 Å². The van der Waals surface area contributed by atoms with E-state index in [1.165, 1.54) is 0 Å². The number of hydrogen-bond acceptors (Lipinski definition) is 4. The molecule has 0 aromatic heterocycles. The molecule has 0 saturated carbocycles. The molecule has 0 aliphatic carbocycles. The van der Waals surface area contributed by atoms with Crippen molar-refractivity contribution < 1.29 is 19.1 Å². The number of carbonyl (C=O) groups is 3. The van der Waals surface area contributed by atoms with Crippen LogP contribution in [0.1, 0.15) is 12.5 Å². The van der Waals surface area contributed by atoms with Gasteiger partial charge >= 0.3 is 0 Å². The molecular weight excluding hydrogens is 310 g/mol. The van der Waals surface area contributed by atoms with Crippen LogP contribution in [0.25, 0.3) is 0 Å². The molecule has 1 aromatic rings. The zero-order valence-electron chi connectivity index (χ0n) is 13.9. The molecule has 0 spiro atoms. The average Bonchev–Trinajstić information content (AvgIpc) is 2.58. The molecule has 3 amide bonds. The van der Waals surface area contributed by atoms with Crippen LogP contribution in [0.2, 0.25) is 0 Å². The summed E-state index contributed by atoms with van der Waals surface area (Å²) in [5, 5.41) is 0. The van der Waals surface area contributed by atoms with Gasteiger partial charge in [0.25, 0.3) is 5.91 Å². The quantitative estimate of drug-likeness (QED) is 0.780. The van der Waals surface area contributed by atoms with Crippen molar-refractivity contribution in [3.05, 3.63) is 23.8 Å². The molecule has 1 saturated heterocycles. The van der Waals surface area contributed by atoms with Gasteiger partial charge in [0.15, 0.2) is 6.61 Å². The molecule has 1 aromatic carbocycles. The highest BCUT2D eigenvalue weighted by Gasteiger charge is 2.25. The number of hydrogen-bond donors (Lipinski definition) is 0. The van der Waals surface area contributed by atoms with Crippen LogP contribution in [0.15, 0.2) is 18.2 Å². The summed E-state index contributed by atoms with van der Waals surface area (Å²) in [5.74, 6) is 0.628. The largest absolute Gasteiger partial charge is 0.482 e. The molecule has 128 valence electrons. The highest BCUT2D eigenvalue weighted by atomic mass is 16.5. The van der Waals surface area contributed by atoms with E-state index in [1.54, 1.807) is 34.7 Å². The highest BCUT2D eigenvalue weighted by molar-refractivity contribution is 5.97. The van der Waals surface area contributed by atoms with Gasteiger partial charge in [-0.25, -0.2) is 0 Å². The molecule has 0 N–H and O–H groups in total. The van der Waals surface area contributed by atoms with Gasteiger partial charge in [-0.05, 0) is 17.7 Å². The third-order valence-electron chi connectivity index (χ3n) is 4.54. The Hall–Kier alpha value is -2.57.